The Bertz CT molecular complexity index is 2440. The maximum atomic E-state index is 15.2. The first-order valence-electron chi connectivity index (χ1n) is 25.9. The zero-order valence-electron chi connectivity index (χ0n) is 41.3. The number of rotatable bonds is 27. The third kappa shape index (κ3) is 10.7. The van der Waals surface area contributed by atoms with E-state index in [2.05, 4.69) is 104 Å². The molecule has 1 aromatic carbocycles. The summed E-state index contributed by atoms with van der Waals surface area (Å²) in [6.45, 7) is 22.1. The summed E-state index contributed by atoms with van der Waals surface area (Å²) in [5.74, 6) is 2.14. The van der Waals surface area contributed by atoms with Gasteiger partial charge in [-0.15, -0.1) is 45.3 Å². The summed E-state index contributed by atoms with van der Waals surface area (Å²) in [5.41, 5.74) is 6.18. The van der Waals surface area contributed by atoms with Crippen molar-refractivity contribution in [2.24, 2.45) is 23.7 Å². The van der Waals surface area contributed by atoms with E-state index in [1.165, 1.54) is 86.2 Å². The number of hydrogen-bond donors (Lipinski definition) is 0. The van der Waals surface area contributed by atoms with Crippen molar-refractivity contribution in [2.75, 3.05) is 13.1 Å². The molecule has 4 atom stereocenters. The van der Waals surface area contributed by atoms with Gasteiger partial charge in [0.1, 0.15) is 0 Å². The standard InChI is InChI=1S/C57H78N2O2S4/c1-10-18-23-38(14-5)32-42-43(33-39(15-6)24-19-11-2)45-34-49(65-55(45)54-44(42)31-37(9)63-54)46-28-29-48(64-46)53-51-50(56(60)59(53)36-41(17-8)26-21-13-4)52(47-27-22-30-62-47)58(57(51)61)35-40(16-7)25-20-12-3/h22,27-31,34,38-41H,10-21,23-26,32-33,35-36H2,1-9H3. The Kier molecular flexibility index (Phi) is 17.9. The van der Waals surface area contributed by atoms with Crippen LogP contribution in [0.1, 0.15) is 184 Å². The number of hydrogen-bond acceptors (Lipinski definition) is 6. The fraction of sp³-hybridized carbons (Fsp3) is 0.579. The third-order valence-corrected chi connectivity index (χ3v) is 19.4. The zero-order chi connectivity index (χ0) is 46.2. The van der Waals surface area contributed by atoms with Crippen molar-refractivity contribution in [3.05, 3.63) is 78.7 Å². The van der Waals surface area contributed by atoms with Crippen molar-refractivity contribution < 1.29 is 9.59 Å². The molecule has 4 aromatic heterocycles. The second-order valence-corrected chi connectivity index (χ2v) is 23.7. The molecule has 0 fully saturated rings. The molecule has 0 aliphatic carbocycles. The summed E-state index contributed by atoms with van der Waals surface area (Å²) >= 11 is 7.37. The minimum Gasteiger partial charge on any atom is -0.306 e. The van der Waals surface area contributed by atoms with E-state index in [-0.39, 0.29) is 11.8 Å². The van der Waals surface area contributed by atoms with E-state index < -0.39 is 0 Å². The summed E-state index contributed by atoms with van der Waals surface area (Å²) in [6, 6.07) is 13.7. The molecule has 4 unspecified atom stereocenters. The van der Waals surface area contributed by atoms with Crippen LogP contribution in [0.4, 0.5) is 0 Å². The predicted molar refractivity (Wildman–Crippen MR) is 287 cm³/mol. The highest BCUT2D eigenvalue weighted by Crippen LogP contribution is 2.52. The Morgan fingerprint density at radius 2 is 0.969 bits per heavy atom. The van der Waals surface area contributed by atoms with Gasteiger partial charge < -0.3 is 9.80 Å². The van der Waals surface area contributed by atoms with E-state index in [4.69, 9.17) is 0 Å². The lowest BCUT2D eigenvalue weighted by atomic mass is 9.83. The normalized spacial score (nSPS) is 16.3. The van der Waals surface area contributed by atoms with E-state index >= 15 is 9.59 Å². The monoisotopic (exact) mass is 950 g/mol. The van der Waals surface area contributed by atoms with E-state index in [0.717, 1.165) is 85.4 Å². The number of fused-ring (bicyclic) bond motifs is 4. The zero-order valence-corrected chi connectivity index (χ0v) is 44.6. The lowest BCUT2D eigenvalue weighted by Gasteiger charge is -2.29. The molecule has 0 saturated heterocycles. The summed E-state index contributed by atoms with van der Waals surface area (Å²) in [5, 5.41) is 5.05. The fourth-order valence-corrected chi connectivity index (χ4v) is 15.0. The molecular weight excluding hydrogens is 873 g/mol. The number of thiophene rings is 4. The minimum atomic E-state index is 0.00752. The van der Waals surface area contributed by atoms with Crippen molar-refractivity contribution >= 4 is 88.7 Å². The quantitative estimate of drug-likeness (QED) is 0.0526. The minimum absolute atomic E-state index is 0.00752. The number of carbonyl (C=O) groups is 2. The first-order chi connectivity index (χ1) is 31.6. The molecule has 5 aromatic rings. The molecule has 0 radical (unpaired) electrons. The number of benzene rings is 1. The Morgan fingerprint density at radius 3 is 1.45 bits per heavy atom. The molecule has 7 rings (SSSR count). The van der Waals surface area contributed by atoms with Crippen molar-refractivity contribution in [1.82, 2.24) is 9.80 Å². The molecule has 352 valence electrons. The van der Waals surface area contributed by atoms with Crippen LogP contribution >= 0.6 is 45.3 Å². The Labute approximate surface area is 408 Å². The topological polar surface area (TPSA) is 40.6 Å². The van der Waals surface area contributed by atoms with Gasteiger partial charge in [0.05, 0.1) is 41.7 Å². The Balaban J connectivity index is 1.38. The molecule has 65 heavy (non-hydrogen) atoms. The SMILES string of the molecule is CCCCC(CC)Cc1c(CC(CC)CCCC)c2cc(-c3ccc(C4=C5C(=O)N(CC(CC)CCCC)C(c6cccs6)=C5C(=O)N4CC(CC)CCCC)s3)sc2c2sc(C)cc12. The average Bonchev–Trinajstić information content (AvgIpc) is 4.19. The summed E-state index contributed by atoms with van der Waals surface area (Å²) in [6.07, 6.45) is 21.2. The highest BCUT2D eigenvalue weighted by molar-refractivity contribution is 7.30. The second kappa shape index (κ2) is 23.3. The number of aryl methyl sites for hydroxylation is 1. The molecule has 0 bridgehead atoms. The Morgan fingerprint density at radius 1 is 0.508 bits per heavy atom. The van der Waals surface area contributed by atoms with E-state index in [9.17, 15) is 0 Å². The van der Waals surface area contributed by atoms with Crippen molar-refractivity contribution in [2.45, 2.75) is 178 Å². The van der Waals surface area contributed by atoms with Gasteiger partial charge in [-0.3, -0.25) is 9.59 Å². The van der Waals surface area contributed by atoms with Crippen LogP contribution in [0.3, 0.4) is 0 Å². The highest BCUT2D eigenvalue weighted by atomic mass is 32.1. The molecule has 2 aliphatic rings. The average molecular weight is 952 g/mol. The van der Waals surface area contributed by atoms with Crippen molar-refractivity contribution in [1.29, 1.82) is 0 Å². The highest BCUT2D eigenvalue weighted by Gasteiger charge is 2.50. The summed E-state index contributed by atoms with van der Waals surface area (Å²) < 4.78 is 2.90. The molecule has 6 heterocycles. The van der Waals surface area contributed by atoms with Gasteiger partial charge >= 0.3 is 0 Å². The van der Waals surface area contributed by atoms with E-state index in [1.54, 1.807) is 33.8 Å². The molecule has 0 saturated carbocycles. The number of unbranched alkanes of at least 4 members (excludes halogenated alkanes) is 4. The molecule has 2 amide bonds. The van der Waals surface area contributed by atoms with Crippen LogP contribution in [0.25, 0.3) is 41.3 Å². The number of amides is 2. The van der Waals surface area contributed by atoms with Gasteiger partial charge in [0, 0.05) is 27.7 Å². The third-order valence-electron chi connectivity index (χ3n) is 14.9. The first kappa shape index (κ1) is 49.9. The molecular formula is C57H78N2O2S4. The van der Waals surface area contributed by atoms with Crippen LogP contribution in [0.2, 0.25) is 0 Å². The summed E-state index contributed by atoms with van der Waals surface area (Å²) in [4.78, 5) is 40.4. The van der Waals surface area contributed by atoms with Crippen LogP contribution in [0.5, 0.6) is 0 Å². The van der Waals surface area contributed by atoms with Gasteiger partial charge in [-0.2, -0.15) is 0 Å². The Hall–Kier alpha value is -3.04. The lowest BCUT2D eigenvalue weighted by molar-refractivity contribution is -0.124. The molecule has 8 heteroatoms. The van der Waals surface area contributed by atoms with Gasteiger partial charge in [0.25, 0.3) is 11.8 Å². The van der Waals surface area contributed by atoms with Crippen LogP contribution in [0.15, 0.2) is 52.9 Å². The van der Waals surface area contributed by atoms with Gasteiger partial charge in [-0.1, -0.05) is 151 Å². The van der Waals surface area contributed by atoms with Crippen molar-refractivity contribution in [3.63, 3.8) is 0 Å². The number of carbonyl (C=O) groups excluding carboxylic acids is 2. The van der Waals surface area contributed by atoms with Crippen LogP contribution in [0, 0.1) is 30.6 Å². The van der Waals surface area contributed by atoms with Crippen molar-refractivity contribution in [3.8, 4) is 9.75 Å². The molecule has 0 spiro atoms. The van der Waals surface area contributed by atoms with E-state index in [1.807, 2.05) is 32.5 Å². The fourth-order valence-electron chi connectivity index (χ4n) is 10.7. The largest absolute Gasteiger partial charge is 0.306 e. The first-order valence-corrected chi connectivity index (χ1v) is 29.2. The van der Waals surface area contributed by atoms with Crippen LogP contribution in [-0.4, -0.2) is 34.7 Å². The number of nitrogens with zero attached hydrogens (tertiary/aromatic N) is 2. The van der Waals surface area contributed by atoms with Crippen LogP contribution in [-0.2, 0) is 22.4 Å². The second-order valence-electron chi connectivity index (χ2n) is 19.4. The summed E-state index contributed by atoms with van der Waals surface area (Å²) in [7, 11) is 0. The molecule has 4 nitrogen and oxygen atoms in total. The predicted octanol–water partition coefficient (Wildman–Crippen LogP) is 18.0. The van der Waals surface area contributed by atoms with Gasteiger partial charge in [0.15, 0.2) is 0 Å². The molecule has 0 N–H and O–H groups in total. The van der Waals surface area contributed by atoms with Gasteiger partial charge in [-0.05, 0) is 114 Å². The van der Waals surface area contributed by atoms with E-state index in [0.29, 0.717) is 47.9 Å². The van der Waals surface area contributed by atoms with Gasteiger partial charge in [-0.25, -0.2) is 0 Å². The molecule has 2 aliphatic heterocycles. The lowest BCUT2D eigenvalue weighted by Crippen LogP contribution is -2.34. The van der Waals surface area contributed by atoms with Gasteiger partial charge in [0.2, 0.25) is 0 Å². The smallest absolute Gasteiger partial charge is 0.261 e. The maximum absolute atomic E-state index is 15.2. The van der Waals surface area contributed by atoms with Crippen LogP contribution < -0.4 is 0 Å². The maximum Gasteiger partial charge on any atom is 0.261 e.